The van der Waals surface area contributed by atoms with Gasteiger partial charge in [-0.05, 0) is 37.5 Å². The van der Waals surface area contributed by atoms with E-state index in [4.69, 9.17) is 4.74 Å². The van der Waals surface area contributed by atoms with Crippen LogP contribution in [0.15, 0.2) is 24.3 Å². The molecule has 0 bridgehead atoms. The highest BCUT2D eigenvalue weighted by Crippen LogP contribution is 2.29. The molecule has 0 radical (unpaired) electrons. The van der Waals surface area contributed by atoms with Gasteiger partial charge in [-0.25, -0.2) is 9.59 Å². The van der Waals surface area contributed by atoms with Gasteiger partial charge in [-0.2, -0.15) is 13.2 Å². The van der Waals surface area contributed by atoms with Crippen molar-refractivity contribution in [3.05, 3.63) is 35.4 Å². The van der Waals surface area contributed by atoms with Gasteiger partial charge < -0.3 is 20.3 Å². The Morgan fingerprint density at radius 1 is 1.27 bits per heavy atom. The highest BCUT2D eigenvalue weighted by atomic mass is 19.4. The summed E-state index contributed by atoms with van der Waals surface area (Å²) in [5.74, 6) is 0. The van der Waals surface area contributed by atoms with Crippen molar-refractivity contribution >= 4 is 12.1 Å². The van der Waals surface area contributed by atoms with Crippen molar-refractivity contribution in [1.82, 2.24) is 15.5 Å². The molecule has 26 heavy (non-hydrogen) atoms. The van der Waals surface area contributed by atoms with Crippen LogP contribution in [0.5, 0.6) is 0 Å². The number of alkyl halides is 3. The molecule has 1 aromatic rings. The molecule has 2 N–H and O–H groups in total. The largest absolute Gasteiger partial charge is 0.450 e. The van der Waals surface area contributed by atoms with E-state index in [0.29, 0.717) is 38.1 Å². The zero-order chi connectivity index (χ0) is 19.2. The van der Waals surface area contributed by atoms with Crippen molar-refractivity contribution in [2.45, 2.75) is 38.5 Å². The number of likely N-dealkylation sites (tertiary alicyclic amines) is 1. The molecule has 1 saturated heterocycles. The summed E-state index contributed by atoms with van der Waals surface area (Å²) in [4.78, 5) is 25.1. The first kappa shape index (κ1) is 19.9. The van der Waals surface area contributed by atoms with Crippen molar-refractivity contribution in [1.29, 1.82) is 0 Å². The molecule has 0 unspecified atom stereocenters. The number of urea groups is 1. The fourth-order valence-corrected chi connectivity index (χ4v) is 2.70. The van der Waals surface area contributed by atoms with Crippen LogP contribution < -0.4 is 10.6 Å². The molecule has 0 spiro atoms. The van der Waals surface area contributed by atoms with Crippen LogP contribution in [-0.2, 0) is 17.5 Å². The Balaban J connectivity index is 1.76. The maximum atomic E-state index is 12.7. The van der Waals surface area contributed by atoms with Gasteiger partial charge in [-0.1, -0.05) is 12.1 Å². The molecule has 0 atom stereocenters. The molecule has 9 heteroatoms. The van der Waals surface area contributed by atoms with Crippen molar-refractivity contribution < 1.29 is 27.5 Å². The minimum Gasteiger partial charge on any atom is -0.450 e. The van der Waals surface area contributed by atoms with Gasteiger partial charge >= 0.3 is 18.3 Å². The second kappa shape index (κ2) is 8.77. The van der Waals surface area contributed by atoms with Gasteiger partial charge in [0.05, 0.1) is 12.2 Å². The van der Waals surface area contributed by atoms with E-state index in [2.05, 4.69) is 10.6 Å². The monoisotopic (exact) mass is 373 g/mol. The van der Waals surface area contributed by atoms with Gasteiger partial charge in [0.25, 0.3) is 0 Å². The number of hydrogen-bond donors (Lipinski definition) is 2. The Hall–Kier alpha value is -2.45. The fourth-order valence-electron chi connectivity index (χ4n) is 2.70. The van der Waals surface area contributed by atoms with E-state index in [-0.39, 0.29) is 18.7 Å². The van der Waals surface area contributed by atoms with Crippen LogP contribution in [0.2, 0.25) is 0 Å². The van der Waals surface area contributed by atoms with E-state index in [1.165, 1.54) is 12.1 Å². The number of nitrogens with one attached hydrogen (secondary N) is 2. The lowest BCUT2D eigenvalue weighted by Gasteiger charge is -2.31. The SMILES string of the molecule is CCOC(=O)N1CCC(NC(=O)NCc2cccc(C(F)(F)F)c2)CC1. The Morgan fingerprint density at radius 3 is 2.58 bits per heavy atom. The third-order valence-corrected chi connectivity index (χ3v) is 4.06. The average Bonchev–Trinajstić information content (AvgIpc) is 2.60. The van der Waals surface area contributed by atoms with Crippen LogP contribution in [0.3, 0.4) is 0 Å². The summed E-state index contributed by atoms with van der Waals surface area (Å²) in [5, 5.41) is 5.33. The minimum atomic E-state index is -4.41. The molecular formula is C17H22F3N3O3. The first-order valence-electron chi connectivity index (χ1n) is 8.41. The number of hydrogen-bond acceptors (Lipinski definition) is 3. The zero-order valence-corrected chi connectivity index (χ0v) is 14.4. The van der Waals surface area contributed by atoms with E-state index in [1.54, 1.807) is 11.8 Å². The number of amides is 3. The maximum absolute atomic E-state index is 12.7. The Kier molecular flexibility index (Phi) is 6.70. The molecule has 3 amide bonds. The zero-order valence-electron chi connectivity index (χ0n) is 14.4. The van der Waals surface area contributed by atoms with E-state index in [0.717, 1.165) is 12.1 Å². The van der Waals surface area contributed by atoms with Crippen molar-refractivity contribution in [3.8, 4) is 0 Å². The maximum Gasteiger partial charge on any atom is 0.416 e. The normalized spacial score (nSPS) is 15.5. The highest BCUT2D eigenvalue weighted by Gasteiger charge is 2.30. The second-order valence-electron chi connectivity index (χ2n) is 5.99. The van der Waals surface area contributed by atoms with Gasteiger partial charge in [0.2, 0.25) is 0 Å². The highest BCUT2D eigenvalue weighted by molar-refractivity contribution is 5.74. The number of ether oxygens (including phenoxy) is 1. The number of carbonyl (C=O) groups excluding carboxylic acids is 2. The lowest BCUT2D eigenvalue weighted by Crippen LogP contribution is -2.49. The standard InChI is InChI=1S/C17H22F3N3O3/c1-2-26-16(25)23-8-6-14(7-9-23)22-15(24)21-11-12-4-3-5-13(10-12)17(18,19)20/h3-5,10,14H,2,6-9,11H2,1H3,(H2,21,22,24). The number of rotatable bonds is 4. The number of halogens is 3. The Morgan fingerprint density at radius 2 is 1.96 bits per heavy atom. The molecule has 2 rings (SSSR count). The number of benzene rings is 1. The Bertz CT molecular complexity index is 629. The van der Waals surface area contributed by atoms with Gasteiger partial charge in [0, 0.05) is 25.7 Å². The summed E-state index contributed by atoms with van der Waals surface area (Å²) in [6, 6.07) is 4.29. The van der Waals surface area contributed by atoms with Crippen molar-refractivity contribution in [2.24, 2.45) is 0 Å². The molecule has 1 aliphatic rings. The fraction of sp³-hybridized carbons (Fsp3) is 0.529. The minimum absolute atomic E-state index is 0.00256. The van der Waals surface area contributed by atoms with E-state index in [9.17, 15) is 22.8 Å². The van der Waals surface area contributed by atoms with Crippen molar-refractivity contribution in [2.75, 3.05) is 19.7 Å². The van der Waals surface area contributed by atoms with Crippen LogP contribution in [0.1, 0.15) is 30.9 Å². The van der Waals surface area contributed by atoms with E-state index >= 15 is 0 Å². The third kappa shape index (κ3) is 5.82. The number of carbonyl (C=O) groups is 2. The molecule has 1 fully saturated rings. The molecule has 6 nitrogen and oxygen atoms in total. The molecule has 0 aromatic heterocycles. The summed E-state index contributed by atoms with van der Waals surface area (Å²) in [6.07, 6.45) is -3.59. The molecule has 144 valence electrons. The summed E-state index contributed by atoms with van der Waals surface area (Å²) in [5.41, 5.74) is -0.379. The smallest absolute Gasteiger partial charge is 0.416 e. The van der Waals surface area contributed by atoms with Crippen LogP contribution in [-0.4, -0.2) is 42.8 Å². The van der Waals surface area contributed by atoms with Gasteiger partial charge in [-0.3, -0.25) is 0 Å². The molecular weight excluding hydrogens is 351 g/mol. The van der Waals surface area contributed by atoms with Crippen LogP contribution in [0.25, 0.3) is 0 Å². The lowest BCUT2D eigenvalue weighted by molar-refractivity contribution is -0.137. The lowest BCUT2D eigenvalue weighted by atomic mass is 10.1. The summed E-state index contributed by atoms with van der Waals surface area (Å²) >= 11 is 0. The molecule has 1 aliphatic heterocycles. The predicted octanol–water partition coefficient (Wildman–Crippen LogP) is 3.13. The second-order valence-corrected chi connectivity index (χ2v) is 5.99. The van der Waals surface area contributed by atoms with E-state index < -0.39 is 17.8 Å². The Labute approximate surface area is 149 Å². The molecule has 1 heterocycles. The summed E-state index contributed by atoms with van der Waals surface area (Å²) in [6.45, 7) is 3.02. The third-order valence-electron chi connectivity index (χ3n) is 4.06. The van der Waals surface area contributed by atoms with Crippen molar-refractivity contribution in [3.63, 3.8) is 0 Å². The first-order chi connectivity index (χ1) is 12.3. The van der Waals surface area contributed by atoms with Crippen LogP contribution in [0, 0.1) is 0 Å². The average molecular weight is 373 g/mol. The quantitative estimate of drug-likeness (QED) is 0.852. The van der Waals surface area contributed by atoms with Gasteiger partial charge in [-0.15, -0.1) is 0 Å². The molecule has 0 saturated carbocycles. The number of piperidine rings is 1. The van der Waals surface area contributed by atoms with Crippen LogP contribution in [0.4, 0.5) is 22.8 Å². The van der Waals surface area contributed by atoms with Crippen LogP contribution >= 0.6 is 0 Å². The summed E-state index contributed by atoms with van der Waals surface area (Å²) in [7, 11) is 0. The van der Waals surface area contributed by atoms with E-state index in [1.807, 2.05) is 0 Å². The molecule has 0 aliphatic carbocycles. The van der Waals surface area contributed by atoms with Gasteiger partial charge in [0.1, 0.15) is 0 Å². The predicted molar refractivity (Wildman–Crippen MR) is 88.4 cm³/mol. The van der Waals surface area contributed by atoms with Gasteiger partial charge in [0.15, 0.2) is 0 Å². The topological polar surface area (TPSA) is 70.7 Å². The summed E-state index contributed by atoms with van der Waals surface area (Å²) < 4.78 is 43.0. The molecule has 1 aromatic carbocycles. The first-order valence-corrected chi connectivity index (χ1v) is 8.41. The number of nitrogens with zero attached hydrogens (tertiary/aromatic N) is 1.